The minimum absolute atomic E-state index is 0.0443. The SMILES string of the molecule is O=C(Nc1ccc2c(c1)CCC2)[C@@H]1C[C@H](C(=O)NC2CCCCC2)CN(CCc2ccccc2)C1. The maximum absolute atomic E-state index is 13.4. The predicted molar refractivity (Wildman–Crippen MR) is 140 cm³/mol. The molecule has 2 aromatic carbocycles. The summed E-state index contributed by atoms with van der Waals surface area (Å²) in [7, 11) is 0. The number of aryl methyl sites for hydroxylation is 2. The quantitative estimate of drug-likeness (QED) is 0.610. The third-order valence-electron chi connectivity index (χ3n) is 8.14. The van der Waals surface area contributed by atoms with Crippen molar-refractivity contribution in [3.63, 3.8) is 0 Å². The van der Waals surface area contributed by atoms with Crippen LogP contribution in [-0.4, -0.2) is 42.4 Å². The molecule has 2 atom stereocenters. The van der Waals surface area contributed by atoms with E-state index >= 15 is 0 Å². The van der Waals surface area contributed by atoms with Crippen molar-refractivity contribution < 1.29 is 9.59 Å². The molecular formula is C30H39N3O2. The summed E-state index contributed by atoms with van der Waals surface area (Å²) in [4.78, 5) is 29.0. The highest BCUT2D eigenvalue weighted by molar-refractivity contribution is 5.93. The minimum atomic E-state index is -0.185. The van der Waals surface area contributed by atoms with Crippen LogP contribution in [0.4, 0.5) is 5.69 Å². The molecule has 1 aliphatic heterocycles. The first kappa shape index (κ1) is 24.1. The number of nitrogens with zero attached hydrogens (tertiary/aromatic N) is 1. The molecule has 0 bridgehead atoms. The molecule has 2 fully saturated rings. The van der Waals surface area contributed by atoms with E-state index in [0.29, 0.717) is 19.0 Å². The van der Waals surface area contributed by atoms with Gasteiger partial charge in [0, 0.05) is 31.4 Å². The first-order valence-electron chi connectivity index (χ1n) is 13.6. The predicted octanol–water partition coefficient (Wildman–Crippen LogP) is 4.74. The standard InChI is InChI=1S/C30H39N3O2/c34-29(31-27-12-5-2-6-13-27)25-18-26(21-33(20-25)17-16-22-8-3-1-4-9-22)30(35)32-28-15-14-23-10-7-11-24(23)19-28/h1,3-4,8-9,14-15,19,25-27H,2,5-7,10-13,16-18,20-21H2,(H,31,34)(H,32,35)/t25-,26+/m0/s1. The van der Waals surface area contributed by atoms with Gasteiger partial charge in [-0.05, 0) is 73.8 Å². The van der Waals surface area contributed by atoms with Crippen LogP contribution in [0.3, 0.4) is 0 Å². The molecule has 5 nitrogen and oxygen atoms in total. The van der Waals surface area contributed by atoms with Crippen LogP contribution >= 0.6 is 0 Å². The van der Waals surface area contributed by atoms with Crippen LogP contribution < -0.4 is 10.6 Å². The summed E-state index contributed by atoms with van der Waals surface area (Å²) >= 11 is 0. The van der Waals surface area contributed by atoms with E-state index < -0.39 is 0 Å². The van der Waals surface area contributed by atoms with Crippen LogP contribution in [-0.2, 0) is 28.9 Å². The number of hydrogen-bond donors (Lipinski definition) is 2. The summed E-state index contributed by atoms with van der Waals surface area (Å²) in [6.45, 7) is 2.30. The van der Waals surface area contributed by atoms with E-state index in [1.54, 1.807) is 0 Å². The second kappa shape index (κ2) is 11.4. The molecule has 3 aliphatic rings. The first-order chi connectivity index (χ1) is 17.1. The van der Waals surface area contributed by atoms with E-state index in [2.05, 4.69) is 51.9 Å². The van der Waals surface area contributed by atoms with E-state index in [4.69, 9.17) is 0 Å². The van der Waals surface area contributed by atoms with Gasteiger partial charge >= 0.3 is 0 Å². The average molecular weight is 474 g/mol. The zero-order valence-electron chi connectivity index (χ0n) is 20.8. The lowest BCUT2D eigenvalue weighted by molar-refractivity contribution is -0.130. The Balaban J connectivity index is 1.25. The fourth-order valence-corrected chi connectivity index (χ4v) is 6.14. The Hall–Kier alpha value is -2.66. The molecule has 0 aromatic heterocycles. The van der Waals surface area contributed by atoms with Gasteiger partial charge in [0.2, 0.25) is 11.8 Å². The van der Waals surface area contributed by atoms with Crippen molar-refractivity contribution in [3.05, 3.63) is 65.2 Å². The number of hydrogen-bond acceptors (Lipinski definition) is 3. The Labute approximate surface area is 209 Å². The van der Waals surface area contributed by atoms with E-state index in [1.807, 2.05) is 12.1 Å². The highest BCUT2D eigenvalue weighted by Crippen LogP contribution is 2.28. The van der Waals surface area contributed by atoms with Gasteiger partial charge in [-0.1, -0.05) is 55.7 Å². The normalized spacial score (nSPS) is 23.0. The maximum Gasteiger partial charge on any atom is 0.228 e. The lowest BCUT2D eigenvalue weighted by Crippen LogP contribution is -2.51. The van der Waals surface area contributed by atoms with Gasteiger partial charge in [0.15, 0.2) is 0 Å². The summed E-state index contributed by atoms with van der Waals surface area (Å²) in [5, 5.41) is 6.50. The molecule has 0 spiro atoms. The second-order valence-corrected chi connectivity index (χ2v) is 10.8. The Kier molecular flexibility index (Phi) is 7.82. The van der Waals surface area contributed by atoms with Gasteiger partial charge in [0.1, 0.15) is 0 Å². The number of carbonyl (C=O) groups is 2. The number of fused-ring (bicyclic) bond motifs is 1. The molecule has 0 unspecified atom stereocenters. The van der Waals surface area contributed by atoms with Gasteiger partial charge in [-0.25, -0.2) is 0 Å². The molecule has 5 rings (SSSR count). The van der Waals surface area contributed by atoms with Crippen molar-refractivity contribution in [2.24, 2.45) is 11.8 Å². The zero-order valence-corrected chi connectivity index (χ0v) is 20.8. The number of piperidine rings is 1. The Morgan fingerprint density at radius 1 is 0.829 bits per heavy atom. The number of likely N-dealkylation sites (tertiary alicyclic amines) is 1. The fraction of sp³-hybridized carbons (Fsp3) is 0.533. The molecule has 2 aliphatic carbocycles. The van der Waals surface area contributed by atoms with Crippen LogP contribution in [0.1, 0.15) is 61.6 Å². The largest absolute Gasteiger partial charge is 0.353 e. The fourth-order valence-electron chi connectivity index (χ4n) is 6.14. The smallest absolute Gasteiger partial charge is 0.228 e. The maximum atomic E-state index is 13.4. The number of rotatable bonds is 7. The van der Waals surface area contributed by atoms with Crippen molar-refractivity contribution in [1.29, 1.82) is 0 Å². The van der Waals surface area contributed by atoms with Crippen LogP contribution in [0, 0.1) is 11.8 Å². The Morgan fingerprint density at radius 2 is 1.57 bits per heavy atom. The first-order valence-corrected chi connectivity index (χ1v) is 13.6. The third kappa shape index (κ3) is 6.32. The molecule has 2 aromatic rings. The molecule has 2 amide bonds. The van der Waals surface area contributed by atoms with Gasteiger partial charge in [-0.3, -0.25) is 9.59 Å². The highest BCUT2D eigenvalue weighted by Gasteiger charge is 2.35. The minimum Gasteiger partial charge on any atom is -0.353 e. The number of nitrogens with one attached hydrogen (secondary N) is 2. The number of benzene rings is 2. The number of carbonyl (C=O) groups excluding carboxylic acids is 2. The molecular weight excluding hydrogens is 434 g/mol. The van der Waals surface area contributed by atoms with Crippen molar-refractivity contribution in [3.8, 4) is 0 Å². The lowest BCUT2D eigenvalue weighted by atomic mass is 9.86. The van der Waals surface area contributed by atoms with Gasteiger partial charge < -0.3 is 15.5 Å². The molecule has 1 saturated heterocycles. The molecule has 186 valence electrons. The van der Waals surface area contributed by atoms with E-state index in [0.717, 1.165) is 50.9 Å². The molecule has 2 N–H and O–H groups in total. The zero-order chi connectivity index (χ0) is 24.0. The summed E-state index contributed by atoms with van der Waals surface area (Å²) in [5.74, 6) is -0.147. The summed E-state index contributed by atoms with van der Waals surface area (Å²) in [6, 6.07) is 17.1. The summed E-state index contributed by atoms with van der Waals surface area (Å²) in [6.07, 6.45) is 10.8. The molecule has 1 heterocycles. The molecule has 35 heavy (non-hydrogen) atoms. The highest BCUT2D eigenvalue weighted by atomic mass is 16.2. The van der Waals surface area contributed by atoms with Crippen molar-refractivity contribution in [1.82, 2.24) is 10.2 Å². The number of amides is 2. The molecule has 1 saturated carbocycles. The third-order valence-corrected chi connectivity index (χ3v) is 8.14. The van der Waals surface area contributed by atoms with Crippen LogP contribution in [0.15, 0.2) is 48.5 Å². The Morgan fingerprint density at radius 3 is 2.37 bits per heavy atom. The van der Waals surface area contributed by atoms with Gasteiger partial charge in [0.25, 0.3) is 0 Å². The second-order valence-electron chi connectivity index (χ2n) is 10.8. The van der Waals surface area contributed by atoms with E-state index in [-0.39, 0.29) is 23.7 Å². The van der Waals surface area contributed by atoms with Gasteiger partial charge in [-0.15, -0.1) is 0 Å². The van der Waals surface area contributed by atoms with Crippen molar-refractivity contribution in [2.45, 2.75) is 70.3 Å². The monoisotopic (exact) mass is 473 g/mol. The summed E-state index contributed by atoms with van der Waals surface area (Å²) < 4.78 is 0. The Bertz CT molecular complexity index is 1020. The van der Waals surface area contributed by atoms with Crippen LogP contribution in [0.25, 0.3) is 0 Å². The van der Waals surface area contributed by atoms with Crippen molar-refractivity contribution >= 4 is 17.5 Å². The molecule has 5 heteroatoms. The average Bonchev–Trinajstić information content (AvgIpc) is 3.36. The van der Waals surface area contributed by atoms with E-state index in [1.165, 1.54) is 42.4 Å². The van der Waals surface area contributed by atoms with Crippen molar-refractivity contribution in [2.75, 3.05) is 25.0 Å². The van der Waals surface area contributed by atoms with Crippen LogP contribution in [0.2, 0.25) is 0 Å². The number of anilines is 1. The van der Waals surface area contributed by atoms with Crippen LogP contribution in [0.5, 0.6) is 0 Å². The summed E-state index contributed by atoms with van der Waals surface area (Å²) in [5.41, 5.74) is 4.95. The van der Waals surface area contributed by atoms with Gasteiger partial charge in [0.05, 0.1) is 11.8 Å². The topological polar surface area (TPSA) is 61.4 Å². The van der Waals surface area contributed by atoms with E-state index in [9.17, 15) is 9.59 Å². The molecule has 0 radical (unpaired) electrons. The van der Waals surface area contributed by atoms with Gasteiger partial charge in [-0.2, -0.15) is 0 Å². The lowest BCUT2D eigenvalue weighted by Gasteiger charge is -2.37.